The van der Waals surface area contributed by atoms with Crippen LogP contribution in [0.15, 0.2) is 60.7 Å². The summed E-state index contributed by atoms with van der Waals surface area (Å²) in [4.78, 5) is 20.3. The number of hydrogen-bond acceptors (Lipinski definition) is 3. The highest BCUT2D eigenvalue weighted by Crippen LogP contribution is 2.44. The maximum Gasteiger partial charge on any atom is 0.133 e. The van der Waals surface area contributed by atoms with Crippen LogP contribution in [0.5, 0.6) is 0 Å². The second-order valence-corrected chi connectivity index (χ2v) is 9.45. The third-order valence-corrected chi connectivity index (χ3v) is 6.32. The smallest absolute Gasteiger partial charge is 0.133 e. The summed E-state index contributed by atoms with van der Waals surface area (Å²) in [5, 5.41) is 0. The summed E-state index contributed by atoms with van der Waals surface area (Å²) in [6.45, 7) is 13.8. The number of carbonyl (C=O) groups excluding carboxylic acids is 2. The molecule has 0 aliphatic carbocycles. The Labute approximate surface area is 196 Å². The van der Waals surface area contributed by atoms with E-state index in [1.54, 1.807) is 7.11 Å². The zero-order valence-corrected chi connectivity index (χ0v) is 21.2. The van der Waals surface area contributed by atoms with Crippen molar-refractivity contribution in [2.24, 2.45) is 10.8 Å². The lowest BCUT2D eigenvalue weighted by atomic mass is 9.63. The van der Waals surface area contributed by atoms with Crippen LogP contribution in [0.25, 0.3) is 0 Å². The molecule has 0 unspecified atom stereocenters. The first-order valence-electron chi connectivity index (χ1n) is 11.6. The summed E-state index contributed by atoms with van der Waals surface area (Å²) in [5.74, 6) is 0.356. The fourth-order valence-electron chi connectivity index (χ4n) is 3.38. The van der Waals surface area contributed by atoms with Crippen LogP contribution >= 0.6 is 0 Å². The number of hydrogen-bond donors (Lipinski definition) is 0. The van der Waals surface area contributed by atoms with E-state index >= 15 is 0 Å². The van der Waals surface area contributed by atoms with Gasteiger partial charge >= 0.3 is 0 Å². The summed E-state index contributed by atoms with van der Waals surface area (Å²) < 4.78 is 5.20. The summed E-state index contributed by atoms with van der Waals surface area (Å²) in [6.07, 6.45) is 5.53. The number of ketones is 1. The second kappa shape index (κ2) is 16.4. The van der Waals surface area contributed by atoms with E-state index in [1.165, 1.54) is 24.0 Å². The number of ether oxygens (including phenoxy) is 1. The predicted octanol–water partition coefficient (Wildman–Crippen LogP) is 7.12. The summed E-state index contributed by atoms with van der Waals surface area (Å²) in [6, 6.07) is 20.8. The number of Topliss-reactive ketones (excluding diaryl/α,β-unsaturated/α-hetero) is 1. The van der Waals surface area contributed by atoms with E-state index in [0.717, 1.165) is 19.4 Å². The Bertz CT molecular complexity index is 721. The molecule has 2 aromatic carbocycles. The van der Waals surface area contributed by atoms with Crippen molar-refractivity contribution in [2.75, 3.05) is 13.7 Å². The summed E-state index contributed by atoms with van der Waals surface area (Å²) in [7, 11) is 1.73. The van der Waals surface area contributed by atoms with E-state index in [1.807, 2.05) is 25.0 Å². The Morgan fingerprint density at radius 2 is 1.28 bits per heavy atom. The average Bonchev–Trinajstić information content (AvgIpc) is 2.79. The molecule has 0 radical (unpaired) electrons. The van der Waals surface area contributed by atoms with E-state index in [9.17, 15) is 4.79 Å². The Kier molecular flexibility index (Phi) is 15.2. The van der Waals surface area contributed by atoms with Crippen molar-refractivity contribution in [3.05, 3.63) is 71.8 Å². The van der Waals surface area contributed by atoms with Crippen LogP contribution in [0.2, 0.25) is 0 Å². The molecule has 2 aromatic rings. The molecule has 0 amide bonds. The number of rotatable bonds is 11. The highest BCUT2D eigenvalue weighted by Gasteiger charge is 2.37. The van der Waals surface area contributed by atoms with Gasteiger partial charge in [-0.2, -0.15) is 0 Å². The van der Waals surface area contributed by atoms with Crippen molar-refractivity contribution in [3.8, 4) is 0 Å². The molecule has 0 saturated carbocycles. The van der Waals surface area contributed by atoms with Gasteiger partial charge in [0, 0.05) is 26.6 Å². The minimum absolute atomic E-state index is 0.0146. The molecular weight excluding hydrogens is 396 g/mol. The fourth-order valence-corrected chi connectivity index (χ4v) is 3.38. The number of aryl methyl sites for hydroxylation is 2. The van der Waals surface area contributed by atoms with Crippen LogP contribution in [-0.2, 0) is 27.2 Å². The molecule has 0 aliphatic rings. The molecule has 2 rings (SSSR count). The van der Waals surface area contributed by atoms with Crippen molar-refractivity contribution < 1.29 is 14.3 Å². The quantitative estimate of drug-likeness (QED) is 0.373. The maximum atomic E-state index is 12.3. The van der Waals surface area contributed by atoms with E-state index in [2.05, 4.69) is 77.1 Å². The first-order valence-corrected chi connectivity index (χ1v) is 11.6. The standard InChI is InChI=1S/C19H30O2.C9H12.CH2O/c1-18(2,13-14-21-5)19(3,4)15-17(20)12-11-16-9-7-6-8-10-16;1-2-6-9-7-4-3-5-8-9;1-2/h6-10H,11-15H2,1-5H3;3-5,7-8H,2,6H2,1H3;1H2. The normalized spacial score (nSPS) is 10.9. The van der Waals surface area contributed by atoms with Gasteiger partial charge < -0.3 is 9.53 Å². The molecule has 178 valence electrons. The number of methoxy groups -OCH3 is 1. The van der Waals surface area contributed by atoms with Gasteiger partial charge in [-0.05, 0) is 41.2 Å². The molecule has 0 fully saturated rings. The van der Waals surface area contributed by atoms with Crippen molar-refractivity contribution in [2.45, 2.75) is 73.1 Å². The molecule has 0 atom stereocenters. The topological polar surface area (TPSA) is 43.4 Å². The lowest BCUT2D eigenvalue weighted by Gasteiger charge is -2.41. The minimum atomic E-state index is -0.0146. The average molecular weight is 441 g/mol. The van der Waals surface area contributed by atoms with Gasteiger partial charge in [0.25, 0.3) is 0 Å². The van der Waals surface area contributed by atoms with Crippen LogP contribution in [0.3, 0.4) is 0 Å². The Morgan fingerprint density at radius 3 is 1.72 bits per heavy atom. The molecule has 32 heavy (non-hydrogen) atoms. The molecule has 3 heteroatoms. The lowest BCUT2D eigenvalue weighted by molar-refractivity contribution is -0.123. The molecule has 0 heterocycles. The van der Waals surface area contributed by atoms with Crippen LogP contribution in [-0.4, -0.2) is 26.3 Å². The Balaban J connectivity index is 0.000000723. The number of benzene rings is 2. The summed E-state index contributed by atoms with van der Waals surface area (Å²) in [5.41, 5.74) is 2.76. The monoisotopic (exact) mass is 440 g/mol. The highest BCUT2D eigenvalue weighted by molar-refractivity contribution is 5.79. The predicted molar refractivity (Wildman–Crippen MR) is 136 cm³/mol. The molecule has 0 spiro atoms. The maximum absolute atomic E-state index is 12.3. The van der Waals surface area contributed by atoms with Gasteiger partial charge in [0.05, 0.1) is 0 Å². The van der Waals surface area contributed by atoms with Crippen molar-refractivity contribution in [1.82, 2.24) is 0 Å². The van der Waals surface area contributed by atoms with Crippen LogP contribution < -0.4 is 0 Å². The Morgan fingerprint density at radius 1 is 0.812 bits per heavy atom. The highest BCUT2D eigenvalue weighted by atomic mass is 16.5. The van der Waals surface area contributed by atoms with Gasteiger partial charge in [0.15, 0.2) is 0 Å². The molecule has 0 bridgehead atoms. The summed E-state index contributed by atoms with van der Waals surface area (Å²) >= 11 is 0. The van der Waals surface area contributed by atoms with Crippen LogP contribution in [0.1, 0.15) is 71.4 Å². The fraction of sp³-hybridized carbons (Fsp3) is 0.517. The van der Waals surface area contributed by atoms with Gasteiger partial charge in [-0.3, -0.25) is 4.79 Å². The van der Waals surface area contributed by atoms with Crippen molar-refractivity contribution >= 4 is 12.6 Å². The van der Waals surface area contributed by atoms with E-state index in [4.69, 9.17) is 9.53 Å². The zero-order valence-electron chi connectivity index (χ0n) is 21.2. The van der Waals surface area contributed by atoms with Gasteiger partial charge in [-0.1, -0.05) is 102 Å². The van der Waals surface area contributed by atoms with Gasteiger partial charge in [-0.15, -0.1) is 0 Å². The third kappa shape index (κ3) is 12.0. The van der Waals surface area contributed by atoms with E-state index in [-0.39, 0.29) is 10.8 Å². The van der Waals surface area contributed by atoms with E-state index < -0.39 is 0 Å². The molecule has 0 saturated heterocycles. The molecular formula is C29H44O3. The first kappa shape index (κ1) is 29.7. The molecule has 0 aliphatic heterocycles. The molecule has 0 aromatic heterocycles. The second-order valence-electron chi connectivity index (χ2n) is 9.45. The van der Waals surface area contributed by atoms with Gasteiger partial charge in [-0.25, -0.2) is 0 Å². The van der Waals surface area contributed by atoms with E-state index in [0.29, 0.717) is 18.6 Å². The zero-order chi connectivity index (χ0) is 24.5. The lowest BCUT2D eigenvalue weighted by Crippen LogP contribution is -2.35. The van der Waals surface area contributed by atoms with Crippen LogP contribution in [0, 0.1) is 10.8 Å². The van der Waals surface area contributed by atoms with Gasteiger partial charge in [0.1, 0.15) is 12.6 Å². The number of carbonyl (C=O) groups is 2. The molecule has 0 N–H and O–H groups in total. The van der Waals surface area contributed by atoms with Crippen molar-refractivity contribution in [1.29, 1.82) is 0 Å². The van der Waals surface area contributed by atoms with Crippen molar-refractivity contribution in [3.63, 3.8) is 0 Å². The minimum Gasteiger partial charge on any atom is -0.385 e. The largest absolute Gasteiger partial charge is 0.385 e. The SMILES string of the molecule is C=O.CCCc1ccccc1.COCCC(C)(C)C(C)(C)CC(=O)CCc1ccccc1. The molecule has 3 nitrogen and oxygen atoms in total. The third-order valence-electron chi connectivity index (χ3n) is 6.32. The Hall–Kier alpha value is -2.26. The first-order chi connectivity index (χ1) is 15.2. The van der Waals surface area contributed by atoms with Gasteiger partial charge in [0.2, 0.25) is 0 Å². The van der Waals surface area contributed by atoms with Crippen LogP contribution in [0.4, 0.5) is 0 Å².